The summed E-state index contributed by atoms with van der Waals surface area (Å²) in [5, 5.41) is 11.6. The number of nitrogens with one attached hydrogen (secondary N) is 4. The van der Waals surface area contributed by atoms with E-state index >= 15 is 0 Å². The van der Waals surface area contributed by atoms with E-state index in [-0.39, 0.29) is 34.1 Å². The zero-order chi connectivity index (χ0) is 31.7. The summed E-state index contributed by atoms with van der Waals surface area (Å²) in [6.07, 6.45) is -0.610. The van der Waals surface area contributed by atoms with E-state index in [0.29, 0.717) is 39.7 Å². The van der Waals surface area contributed by atoms with E-state index < -0.39 is 18.6 Å². The molecule has 0 aliphatic rings. The van der Waals surface area contributed by atoms with Gasteiger partial charge >= 0.3 is 6.18 Å². The number of hydrogen-bond donors (Lipinski definition) is 5. The summed E-state index contributed by atoms with van der Waals surface area (Å²) in [6.45, 7) is -1.49. The van der Waals surface area contributed by atoms with Crippen LogP contribution in [0.25, 0.3) is 27.7 Å². The third-order valence-corrected chi connectivity index (χ3v) is 6.61. The van der Waals surface area contributed by atoms with E-state index in [9.17, 15) is 22.8 Å². The zero-order valence-corrected chi connectivity index (χ0v) is 23.3. The van der Waals surface area contributed by atoms with Crippen LogP contribution >= 0.6 is 0 Å². The van der Waals surface area contributed by atoms with Gasteiger partial charge in [-0.2, -0.15) is 18.3 Å². The van der Waals surface area contributed by atoms with Crippen molar-refractivity contribution in [2.45, 2.75) is 6.18 Å². The number of aromatic nitrogens is 6. The molecule has 0 saturated carbocycles. The number of alkyl halides is 3. The monoisotopic (exact) mass is 616 g/mol. The molecule has 16 heteroatoms. The lowest BCUT2D eigenvalue weighted by Gasteiger charge is -2.10. The van der Waals surface area contributed by atoms with E-state index in [0.717, 1.165) is 0 Å². The Labute approximate surface area is 251 Å². The number of amides is 2. The number of H-pyrrole nitrogens is 1. The summed E-state index contributed by atoms with van der Waals surface area (Å²) in [4.78, 5) is 40.4. The van der Waals surface area contributed by atoms with Crippen molar-refractivity contribution in [3.63, 3.8) is 0 Å². The van der Waals surface area contributed by atoms with Gasteiger partial charge in [-0.3, -0.25) is 14.6 Å². The molecule has 2 amide bonds. The largest absolute Gasteiger partial charge is 0.457 e. The number of hydrogen-bond acceptors (Lipinski definition) is 9. The summed E-state index contributed by atoms with van der Waals surface area (Å²) in [5.74, 6) is 0.162. The van der Waals surface area contributed by atoms with Gasteiger partial charge in [-0.15, -0.1) is 0 Å². The molecule has 2 aromatic carbocycles. The number of anilines is 3. The molecule has 0 radical (unpaired) electrons. The minimum absolute atomic E-state index is 0.0425. The quantitative estimate of drug-likeness (QED) is 0.165. The molecule has 4 aromatic heterocycles. The van der Waals surface area contributed by atoms with Gasteiger partial charge in [0, 0.05) is 42.8 Å². The van der Waals surface area contributed by atoms with Gasteiger partial charge in [0.05, 0.1) is 16.6 Å². The van der Waals surface area contributed by atoms with Gasteiger partial charge in [-0.25, -0.2) is 14.5 Å². The molecule has 0 atom stereocenters. The van der Waals surface area contributed by atoms with Crippen molar-refractivity contribution < 1.29 is 27.5 Å². The number of fused-ring (bicyclic) bond motifs is 2. The van der Waals surface area contributed by atoms with Crippen molar-refractivity contribution in [2.24, 2.45) is 0 Å². The predicted molar refractivity (Wildman–Crippen MR) is 158 cm³/mol. The Balaban J connectivity index is 1.23. The molecule has 0 spiro atoms. The Morgan fingerprint density at radius 1 is 1.02 bits per heavy atom. The number of rotatable bonds is 8. The second-order valence-corrected chi connectivity index (χ2v) is 9.68. The lowest BCUT2D eigenvalue weighted by atomic mass is 10.0. The van der Waals surface area contributed by atoms with E-state index in [4.69, 9.17) is 10.5 Å². The Morgan fingerprint density at radius 2 is 1.80 bits per heavy atom. The molecule has 45 heavy (non-hydrogen) atoms. The molecule has 0 bridgehead atoms. The van der Waals surface area contributed by atoms with Crippen molar-refractivity contribution in [3.8, 4) is 22.6 Å². The summed E-state index contributed by atoms with van der Waals surface area (Å²) in [5.41, 5.74) is 9.27. The zero-order valence-electron chi connectivity index (χ0n) is 23.3. The second-order valence-electron chi connectivity index (χ2n) is 9.68. The lowest BCUT2D eigenvalue weighted by molar-refractivity contribution is -0.123. The average Bonchev–Trinajstić information content (AvgIpc) is 3.61. The molecular formula is C29H23F3N10O3. The first-order chi connectivity index (χ1) is 21.6. The van der Waals surface area contributed by atoms with Gasteiger partial charge in [0.15, 0.2) is 5.82 Å². The Kier molecular flexibility index (Phi) is 7.37. The fraction of sp³-hybridized carbons (Fsp3) is 0.103. The van der Waals surface area contributed by atoms with Gasteiger partial charge < -0.3 is 31.4 Å². The number of nitrogen functional groups attached to an aromatic ring is 1. The van der Waals surface area contributed by atoms with Crippen LogP contribution in [0.15, 0.2) is 73.3 Å². The van der Waals surface area contributed by atoms with Crippen LogP contribution in [0.1, 0.15) is 20.8 Å². The van der Waals surface area contributed by atoms with Gasteiger partial charge in [0.1, 0.15) is 35.6 Å². The molecular weight excluding hydrogens is 593 g/mol. The first kappa shape index (κ1) is 28.9. The molecule has 4 heterocycles. The topological polar surface area (TPSA) is 177 Å². The number of carbonyl (C=O) groups is 2. The van der Waals surface area contributed by atoms with Crippen LogP contribution in [-0.4, -0.2) is 61.1 Å². The molecule has 0 aliphatic carbocycles. The standard InChI is InChI=1S/C29H23F3N10O3/c1-34-27(44)22-11-18(8-9-35-22)45-17-6-7-20-21(10-17)41-28(40-20)39-16-4-2-15(3-5-16)23-19(26(43)36-13-29(30,31)32)12-42-24(23)25(33)37-14-38-42/h2-12,14H,13H2,1H3,(H,34,44)(H,36,43)(H2,33,37,38)(H2,39,40,41). The number of aromatic amines is 1. The SMILES string of the molecule is CNC(=O)c1cc(Oc2ccc3nc(Nc4ccc(-c5c(C(=O)NCC(F)(F)F)cn6ncnc(N)c56)cc4)[nH]c3c2)ccn1. The second kappa shape index (κ2) is 11.5. The van der Waals surface area contributed by atoms with Gasteiger partial charge in [-0.05, 0) is 35.9 Å². The Morgan fingerprint density at radius 3 is 2.56 bits per heavy atom. The number of imidazole rings is 1. The van der Waals surface area contributed by atoms with E-state index in [2.05, 4.69) is 35.7 Å². The van der Waals surface area contributed by atoms with Crippen LogP contribution in [0, 0.1) is 0 Å². The summed E-state index contributed by atoms with van der Waals surface area (Å²) < 4.78 is 45.5. The predicted octanol–water partition coefficient (Wildman–Crippen LogP) is 4.44. The first-order valence-electron chi connectivity index (χ1n) is 13.3. The normalized spacial score (nSPS) is 11.5. The molecule has 6 rings (SSSR count). The van der Waals surface area contributed by atoms with Gasteiger partial charge in [0.2, 0.25) is 5.95 Å². The Hall–Kier alpha value is -6.19. The summed E-state index contributed by atoms with van der Waals surface area (Å²) >= 11 is 0. The minimum atomic E-state index is -4.58. The highest BCUT2D eigenvalue weighted by atomic mass is 19.4. The van der Waals surface area contributed by atoms with E-state index in [1.807, 2.05) is 5.32 Å². The number of carbonyl (C=O) groups excluding carboxylic acids is 2. The molecule has 6 N–H and O–H groups in total. The average molecular weight is 617 g/mol. The number of halogens is 3. The first-order valence-corrected chi connectivity index (χ1v) is 13.3. The number of ether oxygens (including phenoxy) is 1. The maximum absolute atomic E-state index is 12.8. The van der Waals surface area contributed by atoms with Crippen molar-refractivity contribution in [2.75, 3.05) is 24.6 Å². The maximum atomic E-state index is 12.8. The number of benzene rings is 2. The van der Waals surface area contributed by atoms with Crippen molar-refractivity contribution in [3.05, 3.63) is 84.6 Å². The molecule has 6 aromatic rings. The molecule has 13 nitrogen and oxygen atoms in total. The highest BCUT2D eigenvalue weighted by Crippen LogP contribution is 2.34. The molecule has 0 saturated heterocycles. The molecule has 0 aliphatic heterocycles. The van der Waals surface area contributed by atoms with Crippen molar-refractivity contribution >= 4 is 45.8 Å². The highest BCUT2D eigenvalue weighted by Gasteiger charge is 2.29. The minimum Gasteiger partial charge on any atom is -0.457 e. The van der Waals surface area contributed by atoms with Crippen LogP contribution in [0.3, 0.4) is 0 Å². The smallest absolute Gasteiger partial charge is 0.405 e. The van der Waals surface area contributed by atoms with Crippen molar-refractivity contribution in [1.82, 2.24) is 40.2 Å². The van der Waals surface area contributed by atoms with Crippen LogP contribution in [0.2, 0.25) is 0 Å². The van der Waals surface area contributed by atoms with Crippen LogP contribution in [-0.2, 0) is 0 Å². The Bertz CT molecular complexity index is 2060. The van der Waals surface area contributed by atoms with Crippen molar-refractivity contribution in [1.29, 1.82) is 0 Å². The summed E-state index contributed by atoms with van der Waals surface area (Å²) in [6, 6.07) is 15.2. The van der Waals surface area contributed by atoms with Crippen LogP contribution < -0.4 is 26.4 Å². The summed E-state index contributed by atoms with van der Waals surface area (Å²) in [7, 11) is 1.52. The van der Waals surface area contributed by atoms with E-state index in [1.54, 1.807) is 48.5 Å². The number of nitrogens with two attached hydrogens (primary N) is 1. The molecule has 0 fully saturated rings. The molecule has 228 valence electrons. The third kappa shape index (κ3) is 6.15. The lowest BCUT2D eigenvalue weighted by Crippen LogP contribution is -2.33. The van der Waals surface area contributed by atoms with Crippen LogP contribution in [0.4, 0.5) is 30.6 Å². The van der Waals surface area contributed by atoms with Gasteiger partial charge in [0.25, 0.3) is 11.8 Å². The third-order valence-electron chi connectivity index (χ3n) is 6.61. The van der Waals surface area contributed by atoms with Crippen LogP contribution in [0.5, 0.6) is 11.5 Å². The fourth-order valence-electron chi connectivity index (χ4n) is 4.61. The number of pyridine rings is 1. The van der Waals surface area contributed by atoms with Gasteiger partial charge in [-0.1, -0.05) is 12.1 Å². The van der Waals surface area contributed by atoms with E-state index in [1.165, 1.54) is 36.4 Å². The highest BCUT2D eigenvalue weighted by molar-refractivity contribution is 6.07. The molecule has 0 unspecified atom stereocenters. The fourth-order valence-corrected chi connectivity index (χ4v) is 4.61. The number of nitrogens with zero attached hydrogens (tertiary/aromatic N) is 5. The maximum Gasteiger partial charge on any atom is 0.405 e.